The van der Waals surface area contributed by atoms with Gasteiger partial charge in [0.1, 0.15) is 17.3 Å². The van der Waals surface area contributed by atoms with Crippen LogP contribution in [0.1, 0.15) is 11.3 Å². The van der Waals surface area contributed by atoms with E-state index in [-0.39, 0.29) is 5.56 Å². The first-order chi connectivity index (χ1) is 13.1. The topological polar surface area (TPSA) is 89.1 Å². The summed E-state index contributed by atoms with van der Waals surface area (Å²) >= 11 is 0. The number of nitrogens with zero attached hydrogens (tertiary/aromatic N) is 5. The summed E-state index contributed by atoms with van der Waals surface area (Å²) in [4.78, 5) is 21.7. The number of fused-ring (bicyclic) bond motifs is 1. The second kappa shape index (κ2) is 6.56. The number of aromatic nitrogens is 5. The predicted molar refractivity (Wildman–Crippen MR) is 105 cm³/mol. The van der Waals surface area contributed by atoms with Crippen LogP contribution in [0.2, 0.25) is 0 Å². The highest BCUT2D eigenvalue weighted by atomic mass is 16.1. The molecule has 0 atom stereocenters. The number of nitrogens with one attached hydrogen (secondary N) is 2. The maximum Gasteiger partial charge on any atom is 0.278 e. The van der Waals surface area contributed by atoms with E-state index in [1.807, 2.05) is 45.2 Å². The van der Waals surface area contributed by atoms with Crippen LogP contribution in [0.4, 0.5) is 17.3 Å². The van der Waals surface area contributed by atoms with Gasteiger partial charge in [-0.1, -0.05) is 0 Å². The van der Waals surface area contributed by atoms with Gasteiger partial charge in [-0.15, -0.1) is 0 Å². The normalized spacial score (nSPS) is 10.9. The van der Waals surface area contributed by atoms with Crippen LogP contribution in [0, 0.1) is 13.8 Å². The average Bonchev–Trinajstić information content (AvgIpc) is 3.05. The van der Waals surface area contributed by atoms with E-state index in [4.69, 9.17) is 0 Å². The van der Waals surface area contributed by atoms with Gasteiger partial charge in [0.05, 0.1) is 18.1 Å². The molecule has 0 fully saturated rings. The molecule has 0 saturated heterocycles. The largest absolute Gasteiger partial charge is 0.373 e. The zero-order valence-corrected chi connectivity index (χ0v) is 15.3. The molecule has 8 heteroatoms. The summed E-state index contributed by atoms with van der Waals surface area (Å²) in [6.07, 6.45) is 5.16. The fraction of sp³-hybridized carbons (Fsp3) is 0.158. The summed E-state index contributed by atoms with van der Waals surface area (Å²) in [5, 5.41) is 10.5. The summed E-state index contributed by atoms with van der Waals surface area (Å²) < 4.78 is 3.28. The maximum atomic E-state index is 12.9. The van der Waals surface area contributed by atoms with Crippen LogP contribution < -0.4 is 16.2 Å². The molecule has 27 heavy (non-hydrogen) atoms. The molecule has 0 spiro atoms. The van der Waals surface area contributed by atoms with Crippen LogP contribution in [0.15, 0.2) is 53.7 Å². The summed E-state index contributed by atoms with van der Waals surface area (Å²) in [5.41, 5.74) is 3.53. The van der Waals surface area contributed by atoms with Gasteiger partial charge in [0.15, 0.2) is 5.65 Å². The lowest BCUT2D eigenvalue weighted by molar-refractivity contribution is 0.943. The smallest absolute Gasteiger partial charge is 0.278 e. The van der Waals surface area contributed by atoms with Gasteiger partial charge in [-0.2, -0.15) is 9.61 Å². The van der Waals surface area contributed by atoms with Gasteiger partial charge in [0.25, 0.3) is 5.56 Å². The van der Waals surface area contributed by atoms with Gasteiger partial charge >= 0.3 is 0 Å². The van der Waals surface area contributed by atoms with Crippen molar-refractivity contribution < 1.29 is 0 Å². The van der Waals surface area contributed by atoms with Gasteiger partial charge in [0.2, 0.25) is 0 Å². The van der Waals surface area contributed by atoms with Crippen LogP contribution in [-0.4, -0.2) is 31.2 Å². The summed E-state index contributed by atoms with van der Waals surface area (Å²) in [5.74, 6) is 1.34. The molecule has 4 aromatic heterocycles. The Hall–Kier alpha value is -3.68. The lowest BCUT2D eigenvalue weighted by Crippen LogP contribution is -2.20. The van der Waals surface area contributed by atoms with Crippen LogP contribution in [0.3, 0.4) is 0 Å². The molecule has 0 aliphatic carbocycles. The Morgan fingerprint density at radius 1 is 1.11 bits per heavy atom. The van der Waals surface area contributed by atoms with E-state index >= 15 is 0 Å². The third-order valence-corrected chi connectivity index (χ3v) is 4.29. The van der Waals surface area contributed by atoms with Gasteiger partial charge in [-0.05, 0) is 38.1 Å². The molecule has 0 radical (unpaired) electrons. The van der Waals surface area contributed by atoms with Gasteiger partial charge in [-0.3, -0.25) is 14.3 Å². The number of pyridine rings is 2. The lowest BCUT2D eigenvalue weighted by Gasteiger charge is -2.11. The Balaban J connectivity index is 1.76. The standard InChI is InChI=1S/C19H19N7O/c1-12-10-22-26-17(20-3)9-16(24-18(12)26)23-15-5-4-8-25(19(15)27)14-7-6-13(2)21-11-14/h4-11,20H,1-3H3,(H,23,24). The maximum absolute atomic E-state index is 12.9. The molecule has 4 rings (SSSR count). The molecule has 8 nitrogen and oxygen atoms in total. The number of rotatable bonds is 4. The number of aryl methyl sites for hydroxylation is 2. The highest BCUT2D eigenvalue weighted by molar-refractivity contribution is 5.64. The Labute approximate surface area is 155 Å². The van der Waals surface area contributed by atoms with Crippen molar-refractivity contribution in [3.05, 3.63) is 70.5 Å². The molecule has 0 aliphatic heterocycles. The zero-order chi connectivity index (χ0) is 19.0. The second-order valence-corrected chi connectivity index (χ2v) is 6.22. The first-order valence-corrected chi connectivity index (χ1v) is 8.51. The average molecular weight is 361 g/mol. The number of anilines is 3. The van der Waals surface area contributed by atoms with E-state index in [0.29, 0.717) is 17.2 Å². The number of hydrogen-bond acceptors (Lipinski definition) is 6. The fourth-order valence-electron chi connectivity index (χ4n) is 2.85. The van der Waals surface area contributed by atoms with Crippen molar-refractivity contribution in [3.63, 3.8) is 0 Å². The van der Waals surface area contributed by atoms with E-state index in [9.17, 15) is 4.79 Å². The third-order valence-electron chi connectivity index (χ3n) is 4.29. The molecule has 0 aliphatic rings. The Bertz CT molecular complexity index is 1180. The molecule has 136 valence electrons. The molecule has 0 aromatic carbocycles. The first-order valence-electron chi connectivity index (χ1n) is 8.51. The minimum atomic E-state index is -0.180. The molecule has 4 heterocycles. The van der Waals surface area contributed by atoms with Gasteiger partial charge in [0, 0.05) is 30.6 Å². The molecule has 2 N–H and O–H groups in total. The van der Waals surface area contributed by atoms with E-state index in [0.717, 1.165) is 22.7 Å². The van der Waals surface area contributed by atoms with E-state index < -0.39 is 0 Å². The Morgan fingerprint density at radius 2 is 1.96 bits per heavy atom. The van der Waals surface area contributed by atoms with Crippen molar-refractivity contribution in [2.45, 2.75) is 13.8 Å². The fourth-order valence-corrected chi connectivity index (χ4v) is 2.85. The van der Waals surface area contributed by atoms with Gasteiger partial charge < -0.3 is 10.6 Å². The van der Waals surface area contributed by atoms with Crippen molar-refractivity contribution in [3.8, 4) is 5.69 Å². The highest BCUT2D eigenvalue weighted by Crippen LogP contribution is 2.20. The monoisotopic (exact) mass is 361 g/mol. The van der Waals surface area contributed by atoms with Crippen molar-refractivity contribution in [1.29, 1.82) is 0 Å². The van der Waals surface area contributed by atoms with E-state index in [1.165, 1.54) is 0 Å². The van der Waals surface area contributed by atoms with Crippen LogP contribution in [0.5, 0.6) is 0 Å². The molecule has 0 bridgehead atoms. The van der Waals surface area contributed by atoms with Crippen LogP contribution in [-0.2, 0) is 0 Å². The Kier molecular flexibility index (Phi) is 4.08. The summed E-state index contributed by atoms with van der Waals surface area (Å²) in [6.45, 7) is 3.85. The van der Waals surface area contributed by atoms with Gasteiger partial charge in [-0.25, -0.2) is 4.98 Å². The lowest BCUT2D eigenvalue weighted by atomic mass is 10.3. The third kappa shape index (κ3) is 3.01. The minimum Gasteiger partial charge on any atom is -0.373 e. The number of hydrogen-bond donors (Lipinski definition) is 2. The van der Waals surface area contributed by atoms with E-state index in [1.54, 1.807) is 33.7 Å². The van der Waals surface area contributed by atoms with Crippen molar-refractivity contribution in [2.24, 2.45) is 0 Å². The molecule has 4 aromatic rings. The molecular formula is C19H19N7O. The predicted octanol–water partition coefficient (Wildman–Crippen LogP) is 2.68. The first kappa shape index (κ1) is 16.8. The van der Waals surface area contributed by atoms with Crippen molar-refractivity contribution >= 4 is 23.0 Å². The molecule has 0 unspecified atom stereocenters. The minimum absolute atomic E-state index is 0.180. The quantitative estimate of drug-likeness (QED) is 0.581. The Morgan fingerprint density at radius 3 is 2.70 bits per heavy atom. The molecular weight excluding hydrogens is 342 g/mol. The SMILES string of the molecule is CNc1cc(Nc2cccn(-c3ccc(C)nc3)c2=O)nc2c(C)cnn12. The van der Waals surface area contributed by atoms with E-state index in [2.05, 4.69) is 25.7 Å². The second-order valence-electron chi connectivity index (χ2n) is 6.22. The van der Waals surface area contributed by atoms with Crippen molar-refractivity contribution in [2.75, 3.05) is 17.7 Å². The summed E-state index contributed by atoms with van der Waals surface area (Å²) in [7, 11) is 1.81. The van der Waals surface area contributed by atoms with Crippen molar-refractivity contribution in [1.82, 2.24) is 24.1 Å². The van der Waals surface area contributed by atoms with Crippen LogP contribution >= 0.6 is 0 Å². The molecule has 0 saturated carbocycles. The highest BCUT2D eigenvalue weighted by Gasteiger charge is 2.11. The summed E-state index contributed by atoms with van der Waals surface area (Å²) in [6, 6.07) is 9.09. The van der Waals surface area contributed by atoms with Crippen LogP contribution in [0.25, 0.3) is 11.3 Å². The zero-order valence-electron chi connectivity index (χ0n) is 15.3. The molecule has 0 amide bonds.